The summed E-state index contributed by atoms with van der Waals surface area (Å²) in [5.41, 5.74) is 9.45. The van der Waals surface area contributed by atoms with E-state index in [1.165, 1.54) is 0 Å². The van der Waals surface area contributed by atoms with Crippen LogP contribution >= 0.6 is 54.5 Å². The van der Waals surface area contributed by atoms with E-state index in [9.17, 15) is 0 Å². The van der Waals surface area contributed by atoms with Gasteiger partial charge in [0.2, 0.25) is 5.88 Å². The molecule has 3 nitrogen and oxygen atoms in total. The van der Waals surface area contributed by atoms with Crippen molar-refractivity contribution in [1.82, 2.24) is 5.16 Å². The minimum Gasteiger partial charge on any atom is -0.367 e. The Kier molecular flexibility index (Phi) is 4.37. The van der Waals surface area contributed by atoms with E-state index in [0.29, 0.717) is 5.88 Å². The third-order valence-corrected chi connectivity index (χ3v) is 4.93. The number of nitrogens with two attached hydrogens (primary N) is 1. The average molecular weight is 520 g/mol. The number of nitrogens with zero attached hydrogens (tertiary/aromatic N) is 1. The lowest BCUT2D eigenvalue weighted by Gasteiger charge is -2.06. The standard InChI is InChI=1S/C15H9Br2IN2O/c16-9-3-1-8(2-4-9)13-14(20-21-15(13)19)11-7-10(18)5-6-12(11)17/h1-7H,19H2. The van der Waals surface area contributed by atoms with Gasteiger partial charge in [0, 0.05) is 18.1 Å². The van der Waals surface area contributed by atoms with E-state index in [2.05, 4.69) is 59.6 Å². The molecular weight excluding hydrogens is 511 g/mol. The van der Waals surface area contributed by atoms with Crippen LogP contribution in [0.15, 0.2) is 55.9 Å². The first-order chi connectivity index (χ1) is 10.1. The highest BCUT2D eigenvalue weighted by Crippen LogP contribution is 2.39. The molecule has 3 rings (SSSR count). The van der Waals surface area contributed by atoms with Crippen molar-refractivity contribution in [3.8, 4) is 22.4 Å². The van der Waals surface area contributed by atoms with Gasteiger partial charge in [0.15, 0.2) is 0 Å². The number of aromatic nitrogens is 1. The van der Waals surface area contributed by atoms with Crippen molar-refractivity contribution in [2.24, 2.45) is 0 Å². The second-order valence-corrected chi connectivity index (χ2v) is 7.42. The predicted molar refractivity (Wildman–Crippen MR) is 99.9 cm³/mol. The molecule has 0 radical (unpaired) electrons. The Morgan fingerprint density at radius 2 is 1.76 bits per heavy atom. The lowest BCUT2D eigenvalue weighted by Crippen LogP contribution is -1.89. The van der Waals surface area contributed by atoms with E-state index in [1.54, 1.807) is 0 Å². The lowest BCUT2D eigenvalue weighted by molar-refractivity contribution is 0.439. The topological polar surface area (TPSA) is 52.0 Å². The zero-order valence-electron chi connectivity index (χ0n) is 10.6. The molecule has 2 N–H and O–H groups in total. The highest BCUT2D eigenvalue weighted by atomic mass is 127. The lowest BCUT2D eigenvalue weighted by atomic mass is 10.0. The molecule has 0 bridgehead atoms. The normalized spacial score (nSPS) is 10.8. The van der Waals surface area contributed by atoms with Gasteiger partial charge in [0.05, 0.1) is 5.56 Å². The Morgan fingerprint density at radius 1 is 1.05 bits per heavy atom. The fourth-order valence-electron chi connectivity index (χ4n) is 2.06. The van der Waals surface area contributed by atoms with E-state index < -0.39 is 0 Å². The van der Waals surface area contributed by atoms with Gasteiger partial charge in [-0.2, -0.15) is 0 Å². The minimum absolute atomic E-state index is 0.318. The smallest absolute Gasteiger partial charge is 0.230 e. The fourth-order valence-corrected chi connectivity index (χ4v) is 3.25. The van der Waals surface area contributed by atoms with Gasteiger partial charge in [-0.15, -0.1) is 0 Å². The summed E-state index contributed by atoms with van der Waals surface area (Å²) in [5.74, 6) is 0.318. The molecule has 6 heteroatoms. The molecule has 0 unspecified atom stereocenters. The summed E-state index contributed by atoms with van der Waals surface area (Å²) in [6.45, 7) is 0. The number of rotatable bonds is 2. The molecule has 0 spiro atoms. The second-order valence-electron chi connectivity index (χ2n) is 4.40. The Morgan fingerprint density at radius 3 is 2.48 bits per heavy atom. The van der Waals surface area contributed by atoms with Gasteiger partial charge in [0.1, 0.15) is 5.69 Å². The van der Waals surface area contributed by atoms with Gasteiger partial charge >= 0.3 is 0 Å². The summed E-state index contributed by atoms with van der Waals surface area (Å²) in [6.07, 6.45) is 0. The largest absolute Gasteiger partial charge is 0.367 e. The maximum absolute atomic E-state index is 5.98. The molecule has 3 aromatic rings. The van der Waals surface area contributed by atoms with Crippen LogP contribution in [0.3, 0.4) is 0 Å². The number of benzene rings is 2. The van der Waals surface area contributed by atoms with Crippen LogP contribution in [0.25, 0.3) is 22.4 Å². The summed E-state index contributed by atoms with van der Waals surface area (Å²) >= 11 is 9.26. The molecule has 1 aromatic heterocycles. The predicted octanol–water partition coefficient (Wildman–Crippen LogP) is 5.72. The molecular formula is C15H9Br2IN2O. The van der Waals surface area contributed by atoms with E-state index in [0.717, 1.165) is 34.9 Å². The maximum Gasteiger partial charge on any atom is 0.230 e. The third kappa shape index (κ3) is 3.02. The van der Waals surface area contributed by atoms with Crippen LogP contribution in [-0.2, 0) is 0 Å². The zero-order chi connectivity index (χ0) is 15.0. The van der Waals surface area contributed by atoms with Crippen molar-refractivity contribution < 1.29 is 4.52 Å². The molecule has 0 amide bonds. The van der Waals surface area contributed by atoms with Gasteiger partial charge in [-0.25, -0.2) is 0 Å². The number of nitrogen functional groups attached to an aromatic ring is 1. The van der Waals surface area contributed by atoms with Gasteiger partial charge in [-0.1, -0.05) is 49.1 Å². The van der Waals surface area contributed by atoms with E-state index >= 15 is 0 Å². The summed E-state index contributed by atoms with van der Waals surface area (Å²) in [5, 5.41) is 4.14. The minimum atomic E-state index is 0.318. The van der Waals surface area contributed by atoms with Crippen molar-refractivity contribution >= 4 is 60.3 Å². The number of hydrogen-bond donors (Lipinski definition) is 1. The quantitative estimate of drug-likeness (QED) is 0.441. The van der Waals surface area contributed by atoms with Crippen LogP contribution in [-0.4, -0.2) is 5.16 Å². The molecule has 1 heterocycles. The highest BCUT2D eigenvalue weighted by Gasteiger charge is 2.19. The molecule has 0 fully saturated rings. The highest BCUT2D eigenvalue weighted by molar-refractivity contribution is 14.1. The molecule has 106 valence electrons. The van der Waals surface area contributed by atoms with Crippen molar-refractivity contribution in [3.63, 3.8) is 0 Å². The molecule has 0 saturated carbocycles. The van der Waals surface area contributed by atoms with Gasteiger partial charge < -0.3 is 10.3 Å². The molecule has 0 aliphatic rings. The van der Waals surface area contributed by atoms with E-state index in [-0.39, 0.29) is 0 Å². The van der Waals surface area contributed by atoms with Crippen molar-refractivity contribution in [3.05, 3.63) is 55.0 Å². The summed E-state index contributed by atoms with van der Waals surface area (Å²) < 4.78 is 8.31. The van der Waals surface area contributed by atoms with Crippen LogP contribution in [0.4, 0.5) is 5.88 Å². The Hall–Kier alpha value is -0.860. The van der Waals surface area contributed by atoms with Crippen LogP contribution < -0.4 is 5.73 Å². The van der Waals surface area contributed by atoms with Crippen LogP contribution in [0.2, 0.25) is 0 Å². The summed E-state index contributed by atoms with van der Waals surface area (Å²) in [6, 6.07) is 14.0. The van der Waals surface area contributed by atoms with Crippen molar-refractivity contribution in [2.45, 2.75) is 0 Å². The number of halogens is 3. The van der Waals surface area contributed by atoms with Crippen LogP contribution in [0, 0.1) is 3.57 Å². The third-order valence-electron chi connectivity index (χ3n) is 3.03. The Labute approximate surface area is 152 Å². The molecule has 0 atom stereocenters. The number of anilines is 1. The van der Waals surface area contributed by atoms with E-state index in [4.69, 9.17) is 10.3 Å². The Balaban J connectivity index is 2.21. The molecule has 2 aromatic carbocycles. The SMILES string of the molecule is Nc1onc(-c2cc(I)ccc2Br)c1-c1ccc(Br)cc1. The fraction of sp³-hybridized carbons (Fsp3) is 0. The second kappa shape index (κ2) is 6.10. The van der Waals surface area contributed by atoms with Crippen LogP contribution in [0.1, 0.15) is 0 Å². The zero-order valence-corrected chi connectivity index (χ0v) is 15.9. The first kappa shape index (κ1) is 15.1. The van der Waals surface area contributed by atoms with E-state index in [1.807, 2.05) is 42.5 Å². The number of hydrogen-bond acceptors (Lipinski definition) is 3. The summed E-state index contributed by atoms with van der Waals surface area (Å²) in [4.78, 5) is 0. The van der Waals surface area contributed by atoms with Gasteiger partial charge in [-0.05, 0) is 58.5 Å². The first-order valence-electron chi connectivity index (χ1n) is 6.03. The van der Waals surface area contributed by atoms with Gasteiger partial charge in [-0.3, -0.25) is 0 Å². The van der Waals surface area contributed by atoms with Crippen molar-refractivity contribution in [2.75, 3.05) is 5.73 Å². The summed E-state index contributed by atoms with van der Waals surface area (Å²) in [7, 11) is 0. The Bertz CT molecular complexity index is 800. The molecule has 0 aliphatic carbocycles. The molecule has 0 saturated heterocycles. The average Bonchev–Trinajstić information content (AvgIpc) is 2.84. The van der Waals surface area contributed by atoms with Crippen LogP contribution in [0.5, 0.6) is 0 Å². The van der Waals surface area contributed by atoms with Crippen molar-refractivity contribution in [1.29, 1.82) is 0 Å². The maximum atomic E-state index is 5.98. The molecule has 0 aliphatic heterocycles. The van der Waals surface area contributed by atoms with Gasteiger partial charge in [0.25, 0.3) is 0 Å². The molecule has 21 heavy (non-hydrogen) atoms. The monoisotopic (exact) mass is 518 g/mol. The first-order valence-corrected chi connectivity index (χ1v) is 8.69.